The van der Waals surface area contributed by atoms with Crippen LogP contribution in [-0.4, -0.2) is 30.1 Å². The number of carbonyl (C=O) groups excluding carboxylic acids is 1. The average Bonchev–Trinajstić information content (AvgIpc) is 2.66. The third-order valence-electron chi connectivity index (χ3n) is 5.48. The Morgan fingerprint density at radius 1 is 1.10 bits per heavy atom. The number of piperidine rings is 1. The number of likely N-dealkylation sites (tertiary alicyclic amines) is 1. The molecule has 0 saturated carbocycles. The summed E-state index contributed by atoms with van der Waals surface area (Å²) in [7, 11) is 0. The summed E-state index contributed by atoms with van der Waals surface area (Å²) in [5, 5.41) is 3.60. The number of carbonyl (C=O) groups is 1. The molecule has 1 N–H and O–H groups in total. The maximum Gasteiger partial charge on any atom is 0.393 e. The van der Waals surface area contributed by atoms with Crippen molar-refractivity contribution in [2.45, 2.75) is 38.9 Å². The number of rotatable bonds is 5. The minimum absolute atomic E-state index is 0.0986. The van der Waals surface area contributed by atoms with E-state index in [1.54, 1.807) is 0 Å². The van der Waals surface area contributed by atoms with Crippen LogP contribution in [0.3, 0.4) is 0 Å². The summed E-state index contributed by atoms with van der Waals surface area (Å²) >= 11 is 6.23. The van der Waals surface area contributed by atoms with Crippen LogP contribution in [0.15, 0.2) is 48.5 Å². The SMILES string of the molecule is CC1(C(=O)Nc2ccc(CC(F)(F)F)cc2)CCN(Cc2ccccc2Cl)CC1. The van der Waals surface area contributed by atoms with E-state index in [1.807, 2.05) is 31.2 Å². The Morgan fingerprint density at radius 3 is 2.31 bits per heavy atom. The maximum atomic E-state index is 12.8. The first-order valence-corrected chi connectivity index (χ1v) is 9.95. The van der Waals surface area contributed by atoms with E-state index in [0.29, 0.717) is 18.5 Å². The first-order chi connectivity index (χ1) is 13.6. The molecular formula is C22H24ClF3N2O. The molecule has 0 unspecified atom stereocenters. The van der Waals surface area contributed by atoms with Crippen LogP contribution in [0, 0.1) is 5.41 Å². The average molecular weight is 425 g/mol. The number of benzene rings is 2. The fourth-order valence-electron chi connectivity index (χ4n) is 3.52. The van der Waals surface area contributed by atoms with E-state index in [-0.39, 0.29) is 11.5 Å². The molecular weight excluding hydrogens is 401 g/mol. The van der Waals surface area contributed by atoms with Crippen LogP contribution in [-0.2, 0) is 17.8 Å². The first-order valence-electron chi connectivity index (χ1n) is 9.58. The Labute approximate surface area is 173 Å². The zero-order valence-corrected chi connectivity index (χ0v) is 17.0. The molecule has 1 heterocycles. The van der Waals surface area contributed by atoms with Gasteiger partial charge in [-0.15, -0.1) is 0 Å². The highest BCUT2D eigenvalue weighted by atomic mass is 35.5. The molecule has 1 aliphatic heterocycles. The molecule has 0 radical (unpaired) electrons. The quantitative estimate of drug-likeness (QED) is 0.669. The van der Waals surface area contributed by atoms with Gasteiger partial charge in [0.1, 0.15) is 0 Å². The van der Waals surface area contributed by atoms with Crippen molar-refractivity contribution < 1.29 is 18.0 Å². The van der Waals surface area contributed by atoms with Gasteiger partial charge in [0.25, 0.3) is 0 Å². The molecule has 0 aliphatic carbocycles. The summed E-state index contributed by atoms with van der Waals surface area (Å²) < 4.78 is 37.4. The van der Waals surface area contributed by atoms with Crippen molar-refractivity contribution in [3.8, 4) is 0 Å². The monoisotopic (exact) mass is 424 g/mol. The van der Waals surface area contributed by atoms with Crippen molar-refractivity contribution in [1.82, 2.24) is 4.90 Å². The molecule has 156 valence electrons. The van der Waals surface area contributed by atoms with Crippen LogP contribution in [0.1, 0.15) is 30.9 Å². The number of nitrogens with zero attached hydrogens (tertiary/aromatic N) is 1. The van der Waals surface area contributed by atoms with Crippen LogP contribution < -0.4 is 5.32 Å². The molecule has 1 aliphatic rings. The van der Waals surface area contributed by atoms with Crippen molar-refractivity contribution >= 4 is 23.2 Å². The molecule has 1 saturated heterocycles. The Hall–Kier alpha value is -2.05. The van der Waals surface area contributed by atoms with Crippen molar-refractivity contribution in [3.05, 3.63) is 64.7 Å². The lowest BCUT2D eigenvalue weighted by molar-refractivity contribution is -0.128. The normalized spacial score (nSPS) is 17.1. The lowest BCUT2D eigenvalue weighted by Gasteiger charge is -2.38. The fourth-order valence-corrected chi connectivity index (χ4v) is 3.71. The summed E-state index contributed by atoms with van der Waals surface area (Å²) in [5.74, 6) is -0.0986. The zero-order valence-electron chi connectivity index (χ0n) is 16.2. The van der Waals surface area contributed by atoms with Crippen molar-refractivity contribution in [3.63, 3.8) is 0 Å². The highest BCUT2D eigenvalue weighted by Gasteiger charge is 2.37. The van der Waals surface area contributed by atoms with Gasteiger partial charge in [0.05, 0.1) is 6.42 Å². The van der Waals surface area contributed by atoms with Crippen LogP contribution in [0.5, 0.6) is 0 Å². The van der Waals surface area contributed by atoms with Gasteiger partial charge in [-0.3, -0.25) is 9.69 Å². The summed E-state index contributed by atoms with van der Waals surface area (Å²) in [6, 6.07) is 13.6. The minimum atomic E-state index is -4.24. The third kappa shape index (κ3) is 5.97. The predicted octanol–water partition coefficient (Wildman–Crippen LogP) is 5.69. The van der Waals surface area contributed by atoms with Gasteiger partial charge in [-0.1, -0.05) is 48.9 Å². The van der Waals surface area contributed by atoms with Crippen molar-refractivity contribution in [1.29, 1.82) is 0 Å². The lowest BCUT2D eigenvalue weighted by Crippen LogP contribution is -2.44. The topological polar surface area (TPSA) is 32.3 Å². The molecule has 0 aromatic heterocycles. The fraction of sp³-hybridized carbons (Fsp3) is 0.409. The van der Waals surface area contributed by atoms with Crippen molar-refractivity contribution in [2.75, 3.05) is 18.4 Å². The molecule has 1 fully saturated rings. The Balaban J connectivity index is 1.54. The second-order valence-electron chi connectivity index (χ2n) is 7.87. The number of hydrogen-bond acceptors (Lipinski definition) is 2. The van der Waals surface area contributed by atoms with E-state index in [4.69, 9.17) is 11.6 Å². The number of nitrogens with one attached hydrogen (secondary N) is 1. The number of amides is 1. The zero-order chi connectivity index (χ0) is 21.1. The van der Waals surface area contributed by atoms with E-state index in [2.05, 4.69) is 10.2 Å². The molecule has 3 rings (SSSR count). The Kier molecular flexibility index (Phi) is 6.54. The molecule has 29 heavy (non-hydrogen) atoms. The molecule has 1 amide bonds. The summed E-state index contributed by atoms with van der Waals surface area (Å²) in [6.45, 7) is 4.24. The van der Waals surface area contributed by atoms with Crippen LogP contribution in [0.25, 0.3) is 0 Å². The van der Waals surface area contributed by atoms with E-state index in [0.717, 1.165) is 30.2 Å². The number of hydrogen-bond donors (Lipinski definition) is 1. The van der Waals surface area contributed by atoms with Gasteiger partial charge in [-0.25, -0.2) is 0 Å². The van der Waals surface area contributed by atoms with E-state index in [1.165, 1.54) is 24.3 Å². The van der Waals surface area contributed by atoms with Gasteiger partial charge < -0.3 is 5.32 Å². The molecule has 2 aromatic rings. The van der Waals surface area contributed by atoms with Crippen molar-refractivity contribution in [2.24, 2.45) is 5.41 Å². The summed E-state index contributed by atoms with van der Waals surface area (Å²) in [6.07, 6.45) is -3.80. The largest absolute Gasteiger partial charge is 0.393 e. The Morgan fingerprint density at radius 2 is 1.72 bits per heavy atom. The van der Waals surface area contributed by atoms with Gasteiger partial charge in [-0.05, 0) is 55.3 Å². The molecule has 0 atom stereocenters. The first kappa shape index (κ1) is 21.7. The number of alkyl halides is 3. The molecule has 2 aromatic carbocycles. The molecule has 0 spiro atoms. The molecule has 0 bridgehead atoms. The number of halogens is 4. The predicted molar refractivity (Wildman–Crippen MR) is 109 cm³/mol. The second-order valence-corrected chi connectivity index (χ2v) is 8.28. The lowest BCUT2D eigenvalue weighted by atomic mass is 9.79. The van der Waals surface area contributed by atoms with Gasteiger partial charge >= 0.3 is 6.18 Å². The van der Waals surface area contributed by atoms with Crippen LogP contribution in [0.4, 0.5) is 18.9 Å². The highest BCUT2D eigenvalue weighted by molar-refractivity contribution is 6.31. The van der Waals surface area contributed by atoms with E-state index in [9.17, 15) is 18.0 Å². The van der Waals surface area contributed by atoms with Crippen LogP contribution in [0.2, 0.25) is 5.02 Å². The molecule has 7 heteroatoms. The van der Waals surface area contributed by atoms with Gasteiger partial charge in [0.2, 0.25) is 5.91 Å². The highest BCUT2D eigenvalue weighted by Crippen LogP contribution is 2.33. The van der Waals surface area contributed by atoms with Gasteiger partial charge in [0, 0.05) is 22.7 Å². The standard InChI is InChI=1S/C22H24ClF3N2O/c1-21(10-12-28(13-11-21)15-17-4-2-3-5-19(17)23)20(29)27-18-8-6-16(7-9-18)14-22(24,25)26/h2-9H,10-15H2,1H3,(H,27,29). The maximum absolute atomic E-state index is 12.8. The van der Waals surface area contributed by atoms with E-state index >= 15 is 0 Å². The second kappa shape index (κ2) is 8.76. The summed E-state index contributed by atoms with van der Waals surface area (Å²) in [5.41, 5.74) is 1.25. The molecule has 3 nitrogen and oxygen atoms in total. The van der Waals surface area contributed by atoms with Crippen LogP contribution >= 0.6 is 11.6 Å². The van der Waals surface area contributed by atoms with Gasteiger partial charge in [0.15, 0.2) is 0 Å². The Bertz CT molecular complexity index is 844. The number of anilines is 1. The smallest absolute Gasteiger partial charge is 0.326 e. The third-order valence-corrected chi connectivity index (χ3v) is 5.84. The van der Waals surface area contributed by atoms with Gasteiger partial charge in [-0.2, -0.15) is 13.2 Å². The minimum Gasteiger partial charge on any atom is -0.326 e. The summed E-state index contributed by atoms with van der Waals surface area (Å²) in [4.78, 5) is 15.1. The van der Waals surface area contributed by atoms with E-state index < -0.39 is 18.0 Å².